The molecule has 0 saturated carbocycles. The topological polar surface area (TPSA) is 83.9 Å². The first kappa shape index (κ1) is 25.6. The molecule has 0 N–H and O–H groups in total. The van der Waals surface area contributed by atoms with Gasteiger partial charge in [0.05, 0.1) is 33.3 Å². The van der Waals surface area contributed by atoms with E-state index < -0.39 is 0 Å². The Balaban J connectivity index is 1.47. The van der Waals surface area contributed by atoms with Crippen molar-refractivity contribution in [2.24, 2.45) is 0 Å². The van der Waals surface area contributed by atoms with Gasteiger partial charge in [0.2, 0.25) is 0 Å². The number of carbonyl (C=O) groups is 2. The summed E-state index contributed by atoms with van der Waals surface area (Å²) in [6.45, 7) is 0. The van der Waals surface area contributed by atoms with Crippen LogP contribution in [-0.4, -0.2) is 37.9 Å². The van der Waals surface area contributed by atoms with Crippen LogP contribution in [0.5, 0.6) is 28.7 Å². The van der Waals surface area contributed by atoms with Gasteiger partial charge in [-0.05, 0) is 35.9 Å². The standard InChI is InChI=1S/C29H26FNO6/c1-34-27-15-23(37-26-10-11-31-25-17-29(36-3)28(35-2)16-24(25)26)9-6-19(27)13-22(33)14-21(32)12-18-4-7-20(30)8-5-18/h4-11,15-17H,12-14H2,1-3H3. The maximum atomic E-state index is 13.1. The van der Waals surface area contributed by atoms with E-state index in [9.17, 15) is 14.0 Å². The fraction of sp³-hybridized carbons (Fsp3) is 0.207. The zero-order valence-corrected chi connectivity index (χ0v) is 20.7. The third kappa shape index (κ3) is 6.22. The van der Waals surface area contributed by atoms with Gasteiger partial charge in [-0.25, -0.2) is 4.39 Å². The Bertz CT molecular complexity index is 1430. The predicted octanol–water partition coefficient (Wildman–Crippen LogP) is 5.51. The van der Waals surface area contributed by atoms with Crippen LogP contribution in [0.4, 0.5) is 4.39 Å². The first-order chi connectivity index (χ1) is 17.9. The van der Waals surface area contributed by atoms with E-state index in [1.165, 1.54) is 31.4 Å². The minimum Gasteiger partial charge on any atom is -0.496 e. The van der Waals surface area contributed by atoms with E-state index in [1.54, 1.807) is 56.8 Å². The molecule has 0 radical (unpaired) electrons. The summed E-state index contributed by atoms with van der Waals surface area (Å²) < 4.78 is 35.4. The maximum Gasteiger partial charge on any atom is 0.162 e. The highest BCUT2D eigenvalue weighted by Crippen LogP contribution is 2.37. The van der Waals surface area contributed by atoms with Gasteiger partial charge in [-0.1, -0.05) is 18.2 Å². The number of methoxy groups -OCH3 is 3. The lowest BCUT2D eigenvalue weighted by Crippen LogP contribution is -2.13. The van der Waals surface area contributed by atoms with Crippen molar-refractivity contribution in [3.8, 4) is 28.7 Å². The van der Waals surface area contributed by atoms with Crippen LogP contribution >= 0.6 is 0 Å². The highest BCUT2D eigenvalue weighted by atomic mass is 19.1. The minimum absolute atomic E-state index is 0.0355. The molecule has 3 aromatic carbocycles. The number of ketones is 2. The van der Waals surface area contributed by atoms with E-state index in [2.05, 4.69) is 4.98 Å². The van der Waals surface area contributed by atoms with Gasteiger partial charge < -0.3 is 18.9 Å². The number of nitrogens with zero attached hydrogens (tertiary/aromatic N) is 1. The fourth-order valence-electron chi connectivity index (χ4n) is 3.99. The molecular formula is C29H26FNO6. The number of pyridine rings is 1. The lowest BCUT2D eigenvalue weighted by atomic mass is 10.0. The van der Waals surface area contributed by atoms with Crippen molar-refractivity contribution in [3.63, 3.8) is 0 Å². The van der Waals surface area contributed by atoms with Crippen molar-refractivity contribution in [1.29, 1.82) is 0 Å². The monoisotopic (exact) mass is 503 g/mol. The Labute approximate surface area is 213 Å². The van der Waals surface area contributed by atoms with Crippen LogP contribution in [0, 0.1) is 5.82 Å². The summed E-state index contributed by atoms with van der Waals surface area (Å²) in [6.07, 6.45) is 1.53. The normalized spacial score (nSPS) is 10.7. The molecule has 1 heterocycles. The van der Waals surface area contributed by atoms with E-state index in [-0.39, 0.29) is 36.6 Å². The second kappa shape index (κ2) is 11.5. The largest absolute Gasteiger partial charge is 0.496 e. The second-order valence-electron chi connectivity index (χ2n) is 8.34. The van der Waals surface area contributed by atoms with Crippen molar-refractivity contribution in [1.82, 2.24) is 4.98 Å². The van der Waals surface area contributed by atoms with Crippen molar-refractivity contribution >= 4 is 22.5 Å². The fourth-order valence-corrected chi connectivity index (χ4v) is 3.99. The third-order valence-electron chi connectivity index (χ3n) is 5.79. The van der Waals surface area contributed by atoms with Gasteiger partial charge in [0.25, 0.3) is 0 Å². The van der Waals surface area contributed by atoms with Crippen LogP contribution in [0.2, 0.25) is 0 Å². The van der Waals surface area contributed by atoms with E-state index in [1.807, 2.05) is 0 Å². The first-order valence-electron chi connectivity index (χ1n) is 11.5. The summed E-state index contributed by atoms with van der Waals surface area (Å²) in [5.41, 5.74) is 1.98. The summed E-state index contributed by atoms with van der Waals surface area (Å²) in [4.78, 5) is 29.3. The van der Waals surface area contributed by atoms with E-state index in [0.29, 0.717) is 45.4 Å². The molecule has 0 aliphatic carbocycles. The zero-order chi connectivity index (χ0) is 26.4. The Kier molecular flexibility index (Phi) is 7.98. The first-order valence-corrected chi connectivity index (χ1v) is 11.5. The molecule has 0 bridgehead atoms. The van der Waals surface area contributed by atoms with Crippen LogP contribution in [-0.2, 0) is 22.4 Å². The summed E-state index contributed by atoms with van der Waals surface area (Å²) in [5, 5.41) is 0.734. The molecule has 1 aromatic heterocycles. The number of benzene rings is 3. The van der Waals surface area contributed by atoms with Gasteiger partial charge in [-0.3, -0.25) is 14.6 Å². The van der Waals surface area contributed by atoms with E-state index in [4.69, 9.17) is 18.9 Å². The lowest BCUT2D eigenvalue weighted by molar-refractivity contribution is -0.126. The molecule has 7 nitrogen and oxygen atoms in total. The van der Waals surface area contributed by atoms with Crippen molar-refractivity contribution < 1.29 is 32.9 Å². The predicted molar refractivity (Wildman–Crippen MR) is 136 cm³/mol. The average Bonchev–Trinajstić information content (AvgIpc) is 2.90. The molecule has 37 heavy (non-hydrogen) atoms. The molecule has 190 valence electrons. The molecular weight excluding hydrogens is 477 g/mol. The number of aromatic nitrogens is 1. The molecule has 0 aliphatic heterocycles. The molecule has 0 fully saturated rings. The van der Waals surface area contributed by atoms with Crippen molar-refractivity contribution in [2.75, 3.05) is 21.3 Å². The van der Waals surface area contributed by atoms with Crippen LogP contribution in [0.15, 0.2) is 66.9 Å². The summed E-state index contributed by atoms with van der Waals surface area (Å²) >= 11 is 0. The molecule has 4 rings (SSSR count). The zero-order valence-electron chi connectivity index (χ0n) is 20.7. The molecule has 0 spiro atoms. The Morgan fingerprint density at radius 3 is 2.14 bits per heavy atom. The quantitative estimate of drug-likeness (QED) is 0.250. The Morgan fingerprint density at radius 1 is 0.757 bits per heavy atom. The molecule has 4 aromatic rings. The number of Topliss-reactive ketones (excluding diaryl/α,β-unsaturated/α-hetero) is 2. The molecule has 0 saturated heterocycles. The molecule has 0 unspecified atom stereocenters. The molecule has 0 amide bonds. The molecule has 0 atom stereocenters. The van der Waals surface area contributed by atoms with Gasteiger partial charge in [-0.2, -0.15) is 0 Å². The Morgan fingerprint density at radius 2 is 1.43 bits per heavy atom. The summed E-state index contributed by atoms with van der Waals surface area (Å²) in [5.74, 6) is 1.80. The van der Waals surface area contributed by atoms with E-state index >= 15 is 0 Å². The van der Waals surface area contributed by atoms with Gasteiger partial charge in [0.15, 0.2) is 11.5 Å². The number of rotatable bonds is 11. The van der Waals surface area contributed by atoms with Gasteiger partial charge >= 0.3 is 0 Å². The number of halogens is 1. The number of ether oxygens (including phenoxy) is 4. The van der Waals surface area contributed by atoms with Crippen molar-refractivity contribution in [2.45, 2.75) is 19.3 Å². The average molecular weight is 504 g/mol. The number of hydrogen-bond acceptors (Lipinski definition) is 7. The van der Waals surface area contributed by atoms with Crippen LogP contribution in [0.25, 0.3) is 10.9 Å². The molecule has 8 heteroatoms. The smallest absolute Gasteiger partial charge is 0.162 e. The van der Waals surface area contributed by atoms with Crippen molar-refractivity contribution in [3.05, 3.63) is 83.8 Å². The minimum atomic E-state index is -0.371. The van der Waals surface area contributed by atoms with E-state index in [0.717, 1.165) is 5.39 Å². The van der Waals surface area contributed by atoms with Gasteiger partial charge in [-0.15, -0.1) is 0 Å². The number of carbonyl (C=O) groups excluding carboxylic acids is 2. The highest BCUT2D eigenvalue weighted by molar-refractivity contribution is 6.00. The highest BCUT2D eigenvalue weighted by Gasteiger charge is 2.16. The third-order valence-corrected chi connectivity index (χ3v) is 5.79. The maximum absolute atomic E-state index is 13.1. The number of hydrogen-bond donors (Lipinski definition) is 0. The van der Waals surface area contributed by atoms with Crippen LogP contribution < -0.4 is 18.9 Å². The Hall–Kier alpha value is -4.46. The van der Waals surface area contributed by atoms with Gasteiger partial charge in [0.1, 0.15) is 34.6 Å². The lowest BCUT2D eigenvalue weighted by Gasteiger charge is -2.14. The summed E-state index contributed by atoms with van der Waals surface area (Å²) in [6, 6.07) is 16.1. The SMILES string of the molecule is COc1cc(Oc2ccnc3cc(OC)c(OC)cc23)ccc1CC(=O)CC(=O)Cc1ccc(F)cc1. The number of fused-ring (bicyclic) bond motifs is 1. The van der Waals surface area contributed by atoms with Crippen LogP contribution in [0.1, 0.15) is 17.5 Å². The van der Waals surface area contributed by atoms with Gasteiger partial charge in [0, 0.05) is 42.1 Å². The second-order valence-corrected chi connectivity index (χ2v) is 8.34. The molecule has 0 aliphatic rings. The summed E-state index contributed by atoms with van der Waals surface area (Å²) in [7, 11) is 4.62. The van der Waals surface area contributed by atoms with Crippen LogP contribution in [0.3, 0.4) is 0 Å².